The topological polar surface area (TPSA) is 37.4 Å². The number of H-pyrrole nitrogens is 1. The lowest BCUT2D eigenvalue weighted by molar-refractivity contribution is 0.303. The van der Waals surface area contributed by atoms with Gasteiger partial charge in [0.15, 0.2) is 0 Å². The summed E-state index contributed by atoms with van der Waals surface area (Å²) in [6, 6.07) is 0. The van der Waals surface area contributed by atoms with Crippen molar-refractivity contribution in [1.82, 2.24) is 4.98 Å². The van der Waals surface area contributed by atoms with Crippen molar-refractivity contribution in [1.29, 1.82) is 0 Å². The molecule has 0 atom stereocenters. The molecule has 1 N–H and O–H groups in total. The normalized spacial score (nSPS) is 16.3. The molecule has 0 bridgehead atoms. The van der Waals surface area contributed by atoms with Crippen molar-refractivity contribution < 1.29 is 4.74 Å². The fourth-order valence-electron chi connectivity index (χ4n) is 2.67. The van der Waals surface area contributed by atoms with Crippen molar-refractivity contribution in [2.75, 3.05) is 7.11 Å². The Bertz CT molecular complexity index is 609. The summed E-state index contributed by atoms with van der Waals surface area (Å²) in [5.41, 5.74) is 6.01. The average Bonchev–Trinajstić information content (AvgIpc) is 2.93. The Labute approximate surface area is 135 Å². The van der Waals surface area contributed by atoms with Crippen LogP contribution in [0.2, 0.25) is 0 Å². The zero-order valence-corrected chi connectivity index (χ0v) is 14.8. The van der Waals surface area contributed by atoms with E-state index in [1.54, 1.807) is 7.11 Å². The lowest BCUT2D eigenvalue weighted by Crippen LogP contribution is -1.89. The second kappa shape index (κ2) is 7.12. The van der Waals surface area contributed by atoms with Crippen molar-refractivity contribution in [2.45, 2.75) is 46.5 Å². The van der Waals surface area contributed by atoms with E-state index in [1.807, 2.05) is 6.08 Å². The van der Waals surface area contributed by atoms with Crippen LogP contribution >= 0.6 is 15.9 Å². The van der Waals surface area contributed by atoms with E-state index >= 15 is 0 Å². The summed E-state index contributed by atoms with van der Waals surface area (Å²) >= 11 is 3.40. The molecular formula is C17H23BrN2O. The van der Waals surface area contributed by atoms with E-state index in [4.69, 9.17) is 4.74 Å². The maximum atomic E-state index is 5.36. The molecule has 0 aromatic carbocycles. The van der Waals surface area contributed by atoms with Gasteiger partial charge in [-0.2, -0.15) is 0 Å². The molecular weight excluding hydrogens is 328 g/mol. The number of aliphatic imine (C=N–C) groups is 1. The van der Waals surface area contributed by atoms with Crippen molar-refractivity contribution in [2.24, 2.45) is 4.99 Å². The van der Waals surface area contributed by atoms with Crippen molar-refractivity contribution >= 4 is 26.6 Å². The van der Waals surface area contributed by atoms with Gasteiger partial charge in [0.25, 0.3) is 0 Å². The lowest BCUT2D eigenvalue weighted by atomic mass is 10.0. The van der Waals surface area contributed by atoms with Gasteiger partial charge in [-0.1, -0.05) is 19.8 Å². The van der Waals surface area contributed by atoms with Crippen LogP contribution in [0.3, 0.4) is 0 Å². The van der Waals surface area contributed by atoms with Gasteiger partial charge in [0, 0.05) is 17.5 Å². The number of rotatable bonds is 6. The third-order valence-electron chi connectivity index (χ3n) is 3.89. The molecule has 4 heteroatoms. The van der Waals surface area contributed by atoms with Gasteiger partial charge in [-0.05, 0) is 59.8 Å². The average molecular weight is 351 g/mol. The molecule has 114 valence electrons. The SMILES string of the molecule is CCCCCc1c(C)[nH]c(/C=C2\N=C(Br)C=C2OC)c1C. The molecule has 0 saturated carbocycles. The first kappa shape index (κ1) is 16.1. The second-order valence-corrected chi connectivity index (χ2v) is 6.21. The van der Waals surface area contributed by atoms with E-state index in [2.05, 4.69) is 52.8 Å². The van der Waals surface area contributed by atoms with Gasteiger partial charge < -0.3 is 9.72 Å². The molecule has 1 aromatic heterocycles. The van der Waals surface area contributed by atoms with Gasteiger partial charge in [-0.3, -0.25) is 0 Å². The maximum Gasteiger partial charge on any atom is 0.147 e. The van der Waals surface area contributed by atoms with Gasteiger partial charge in [0.2, 0.25) is 0 Å². The van der Waals surface area contributed by atoms with Crippen molar-refractivity contribution in [3.63, 3.8) is 0 Å². The lowest BCUT2D eigenvalue weighted by Gasteiger charge is -2.03. The van der Waals surface area contributed by atoms with Gasteiger partial charge in [0.1, 0.15) is 16.1 Å². The number of methoxy groups -OCH3 is 1. The van der Waals surface area contributed by atoms with E-state index in [-0.39, 0.29) is 0 Å². The fourth-order valence-corrected chi connectivity index (χ4v) is 3.07. The van der Waals surface area contributed by atoms with Crippen molar-refractivity contribution in [3.05, 3.63) is 40.0 Å². The first-order chi connectivity index (χ1) is 10.1. The number of hydrogen-bond donors (Lipinski definition) is 1. The van der Waals surface area contributed by atoms with Crippen LogP contribution in [0.5, 0.6) is 0 Å². The molecule has 1 aliphatic rings. The Hall–Kier alpha value is -1.29. The van der Waals surface area contributed by atoms with Gasteiger partial charge in [-0.25, -0.2) is 4.99 Å². The maximum absolute atomic E-state index is 5.36. The van der Waals surface area contributed by atoms with Crippen LogP contribution in [-0.2, 0) is 11.2 Å². The summed E-state index contributed by atoms with van der Waals surface area (Å²) < 4.78 is 6.16. The standard InChI is InChI=1S/C17H23BrN2O/c1-5-6-7-8-13-11(2)14(19-12(13)3)9-15-16(21-4)10-17(18)20-15/h9-10,19H,5-8H2,1-4H3/b15-9-. The molecule has 0 aliphatic carbocycles. The number of nitrogens with one attached hydrogen (secondary N) is 1. The number of ether oxygens (including phenoxy) is 1. The fraction of sp³-hybridized carbons (Fsp3) is 0.471. The quantitative estimate of drug-likeness (QED) is 0.716. The minimum atomic E-state index is 0.793. The van der Waals surface area contributed by atoms with E-state index in [0.29, 0.717) is 0 Å². The predicted octanol–water partition coefficient (Wildman–Crippen LogP) is 5.04. The number of unbranched alkanes of at least 4 members (excludes halogenated alkanes) is 2. The number of allylic oxidation sites excluding steroid dienone is 1. The Kier molecular flexibility index (Phi) is 5.45. The number of aryl methyl sites for hydroxylation is 1. The highest BCUT2D eigenvalue weighted by molar-refractivity contribution is 9.18. The molecule has 1 aliphatic heterocycles. The van der Waals surface area contributed by atoms with Gasteiger partial charge >= 0.3 is 0 Å². The Morgan fingerprint density at radius 3 is 2.76 bits per heavy atom. The van der Waals surface area contributed by atoms with Gasteiger partial charge in [-0.15, -0.1) is 0 Å². The number of hydrogen-bond acceptors (Lipinski definition) is 2. The first-order valence-corrected chi connectivity index (χ1v) is 8.26. The largest absolute Gasteiger partial charge is 0.494 e. The summed E-state index contributed by atoms with van der Waals surface area (Å²) in [7, 11) is 1.67. The third-order valence-corrected chi connectivity index (χ3v) is 4.30. The number of aromatic nitrogens is 1. The molecule has 0 amide bonds. The highest BCUT2D eigenvalue weighted by Gasteiger charge is 2.16. The highest BCUT2D eigenvalue weighted by Crippen LogP contribution is 2.27. The molecule has 0 radical (unpaired) electrons. The number of aromatic amines is 1. The molecule has 3 nitrogen and oxygen atoms in total. The Morgan fingerprint density at radius 1 is 1.33 bits per heavy atom. The number of nitrogens with zero attached hydrogens (tertiary/aromatic N) is 1. The highest BCUT2D eigenvalue weighted by atomic mass is 79.9. The molecule has 1 aromatic rings. The van der Waals surface area contributed by atoms with Crippen LogP contribution in [0.4, 0.5) is 0 Å². The molecule has 2 rings (SSSR count). The van der Waals surface area contributed by atoms with Crippen LogP contribution in [0.1, 0.15) is 48.7 Å². The van der Waals surface area contributed by atoms with E-state index < -0.39 is 0 Å². The van der Waals surface area contributed by atoms with E-state index in [1.165, 1.54) is 36.1 Å². The van der Waals surface area contributed by atoms with Crippen LogP contribution in [0.15, 0.2) is 22.5 Å². The summed E-state index contributed by atoms with van der Waals surface area (Å²) in [5, 5.41) is 0. The van der Waals surface area contributed by atoms with Gasteiger partial charge in [0.05, 0.1) is 7.11 Å². The summed E-state index contributed by atoms with van der Waals surface area (Å²) in [4.78, 5) is 7.93. The molecule has 0 saturated heterocycles. The molecule has 0 fully saturated rings. The summed E-state index contributed by atoms with van der Waals surface area (Å²) in [6.07, 6.45) is 8.89. The van der Waals surface area contributed by atoms with E-state index in [0.717, 1.165) is 28.2 Å². The summed E-state index contributed by atoms with van der Waals surface area (Å²) in [5.74, 6) is 0.793. The number of halogens is 1. The summed E-state index contributed by atoms with van der Waals surface area (Å²) in [6.45, 7) is 6.57. The predicted molar refractivity (Wildman–Crippen MR) is 92.9 cm³/mol. The minimum Gasteiger partial charge on any atom is -0.494 e. The van der Waals surface area contributed by atoms with E-state index in [9.17, 15) is 0 Å². The Balaban J connectivity index is 2.26. The van der Waals surface area contributed by atoms with Crippen LogP contribution < -0.4 is 0 Å². The monoisotopic (exact) mass is 350 g/mol. The molecule has 2 heterocycles. The third kappa shape index (κ3) is 3.67. The zero-order valence-electron chi connectivity index (χ0n) is 13.2. The molecule has 0 unspecified atom stereocenters. The zero-order chi connectivity index (χ0) is 15.4. The molecule has 21 heavy (non-hydrogen) atoms. The Morgan fingerprint density at radius 2 is 2.10 bits per heavy atom. The van der Waals surface area contributed by atoms with Crippen LogP contribution in [0, 0.1) is 13.8 Å². The first-order valence-electron chi connectivity index (χ1n) is 7.46. The van der Waals surface area contributed by atoms with Crippen LogP contribution in [-0.4, -0.2) is 16.7 Å². The molecule has 0 spiro atoms. The van der Waals surface area contributed by atoms with Crippen LogP contribution in [0.25, 0.3) is 6.08 Å². The second-order valence-electron chi connectivity index (χ2n) is 5.40. The minimum absolute atomic E-state index is 0.793. The van der Waals surface area contributed by atoms with Crippen molar-refractivity contribution in [3.8, 4) is 0 Å². The smallest absolute Gasteiger partial charge is 0.147 e.